The summed E-state index contributed by atoms with van der Waals surface area (Å²) in [6.07, 6.45) is -0.421. The van der Waals surface area contributed by atoms with Crippen molar-refractivity contribution in [3.8, 4) is 16.3 Å². The maximum atomic E-state index is 11.8. The molecule has 1 aliphatic heterocycles. The Balaban J connectivity index is 1.79. The van der Waals surface area contributed by atoms with Crippen molar-refractivity contribution in [1.29, 1.82) is 0 Å². The van der Waals surface area contributed by atoms with Gasteiger partial charge in [-0.2, -0.15) is 0 Å². The number of nitrogens with zero attached hydrogens (tertiary/aromatic N) is 1. The monoisotopic (exact) mass is 411 g/mol. The molecular formula is C24H29NO3S. The molecule has 4 rings (SSSR count). The van der Waals surface area contributed by atoms with Gasteiger partial charge in [-0.3, -0.25) is 0 Å². The quantitative estimate of drug-likeness (QED) is 0.588. The molecule has 0 bridgehead atoms. The summed E-state index contributed by atoms with van der Waals surface area (Å²) in [5.41, 5.74) is 1.14. The van der Waals surface area contributed by atoms with Crippen LogP contribution in [0.2, 0.25) is 0 Å². The van der Waals surface area contributed by atoms with Gasteiger partial charge in [0, 0.05) is 5.41 Å². The fraction of sp³-hybridized carbons (Fsp3) is 0.458. The molecule has 0 radical (unpaired) electrons. The van der Waals surface area contributed by atoms with E-state index in [0.717, 1.165) is 32.1 Å². The summed E-state index contributed by atoms with van der Waals surface area (Å²) in [7, 11) is 1.67. The van der Waals surface area contributed by atoms with Gasteiger partial charge in [-0.25, -0.2) is 4.98 Å². The molecule has 2 atom stereocenters. The van der Waals surface area contributed by atoms with Crippen molar-refractivity contribution in [1.82, 2.24) is 4.98 Å². The van der Waals surface area contributed by atoms with Gasteiger partial charge < -0.3 is 14.6 Å². The summed E-state index contributed by atoms with van der Waals surface area (Å²) in [4.78, 5) is 4.77. The van der Waals surface area contributed by atoms with Crippen LogP contribution in [-0.2, 0) is 4.74 Å². The first-order valence-electron chi connectivity index (χ1n) is 9.96. The molecule has 1 aromatic heterocycles. The highest BCUT2D eigenvalue weighted by molar-refractivity contribution is 7.21. The van der Waals surface area contributed by atoms with Gasteiger partial charge in [-0.15, -0.1) is 11.3 Å². The average Bonchev–Trinajstić information content (AvgIpc) is 3.20. The Labute approximate surface area is 176 Å². The van der Waals surface area contributed by atoms with Gasteiger partial charge in [-0.05, 0) is 35.2 Å². The van der Waals surface area contributed by atoms with E-state index >= 15 is 0 Å². The third kappa shape index (κ3) is 3.07. The first-order chi connectivity index (χ1) is 13.6. The molecule has 5 heteroatoms. The van der Waals surface area contributed by atoms with Crippen molar-refractivity contribution in [3.63, 3.8) is 0 Å². The Morgan fingerprint density at radius 2 is 1.90 bits per heavy atom. The van der Waals surface area contributed by atoms with E-state index in [1.807, 2.05) is 36.4 Å². The minimum atomic E-state index is -1.01. The first-order valence-corrected chi connectivity index (χ1v) is 10.8. The number of hydrogen-bond acceptors (Lipinski definition) is 5. The van der Waals surface area contributed by atoms with Gasteiger partial charge in [0.15, 0.2) is 0 Å². The van der Waals surface area contributed by atoms with Crippen LogP contribution in [0.25, 0.3) is 20.8 Å². The fourth-order valence-electron chi connectivity index (χ4n) is 4.66. The summed E-state index contributed by atoms with van der Waals surface area (Å²) in [6.45, 7) is 10.9. The molecular weight excluding hydrogens is 382 g/mol. The molecule has 4 nitrogen and oxygen atoms in total. The second-order valence-electron chi connectivity index (χ2n) is 9.54. The number of aromatic nitrogens is 1. The van der Waals surface area contributed by atoms with Crippen LogP contribution in [0.5, 0.6) is 5.75 Å². The number of methoxy groups -OCH3 is 1. The number of aliphatic hydroxyl groups is 1. The number of thiazole rings is 1. The Kier molecular flexibility index (Phi) is 4.76. The molecule has 0 spiro atoms. The molecule has 3 aromatic rings. The first kappa shape index (κ1) is 20.3. The van der Waals surface area contributed by atoms with E-state index in [2.05, 4.69) is 40.7 Å². The van der Waals surface area contributed by atoms with Gasteiger partial charge in [0.25, 0.3) is 0 Å². The van der Waals surface area contributed by atoms with Crippen molar-refractivity contribution >= 4 is 21.6 Å². The summed E-state index contributed by atoms with van der Waals surface area (Å²) in [6, 6.07) is 14.2. The zero-order chi connectivity index (χ0) is 21.0. The van der Waals surface area contributed by atoms with Crippen LogP contribution in [0.3, 0.4) is 0 Å². The highest BCUT2D eigenvalue weighted by Gasteiger charge is 2.62. The largest absolute Gasteiger partial charge is 0.496 e. The molecule has 0 saturated carbocycles. The van der Waals surface area contributed by atoms with Crippen LogP contribution in [-0.4, -0.2) is 29.4 Å². The lowest BCUT2D eigenvalue weighted by Gasteiger charge is -2.48. The van der Waals surface area contributed by atoms with Gasteiger partial charge in [0.05, 0.1) is 29.5 Å². The molecule has 1 N–H and O–H groups in total. The van der Waals surface area contributed by atoms with Crippen molar-refractivity contribution in [2.75, 3.05) is 13.7 Å². The minimum Gasteiger partial charge on any atom is -0.496 e. The smallest absolute Gasteiger partial charge is 0.129 e. The van der Waals surface area contributed by atoms with E-state index < -0.39 is 11.7 Å². The number of rotatable bonds is 3. The van der Waals surface area contributed by atoms with Crippen molar-refractivity contribution in [2.45, 2.75) is 46.3 Å². The highest BCUT2D eigenvalue weighted by Crippen LogP contribution is 2.57. The Morgan fingerprint density at radius 1 is 1.17 bits per heavy atom. The van der Waals surface area contributed by atoms with E-state index in [9.17, 15) is 5.11 Å². The average molecular weight is 412 g/mol. The number of hydrogen-bond donors (Lipinski definition) is 1. The number of benzene rings is 2. The number of fused-ring (bicyclic) bond motifs is 1. The summed E-state index contributed by atoms with van der Waals surface area (Å²) in [5.74, 6) is 0.742. The number of ether oxygens (including phenoxy) is 2. The zero-order valence-electron chi connectivity index (χ0n) is 17.9. The van der Waals surface area contributed by atoms with E-state index in [-0.39, 0.29) is 10.8 Å². The van der Waals surface area contributed by atoms with Crippen LogP contribution in [0.4, 0.5) is 0 Å². The number of para-hydroxylation sites is 1. The molecule has 2 unspecified atom stereocenters. The zero-order valence-corrected chi connectivity index (χ0v) is 18.8. The van der Waals surface area contributed by atoms with Crippen LogP contribution in [0.15, 0.2) is 42.5 Å². The molecule has 154 valence electrons. The molecule has 0 aliphatic carbocycles. The summed E-state index contributed by atoms with van der Waals surface area (Å²) >= 11 is 1.65. The lowest BCUT2D eigenvalue weighted by Crippen LogP contribution is -2.54. The van der Waals surface area contributed by atoms with Crippen LogP contribution < -0.4 is 4.74 Å². The van der Waals surface area contributed by atoms with E-state index in [1.54, 1.807) is 18.4 Å². The van der Waals surface area contributed by atoms with Gasteiger partial charge >= 0.3 is 0 Å². The highest BCUT2D eigenvalue weighted by atomic mass is 32.1. The van der Waals surface area contributed by atoms with Crippen LogP contribution in [0, 0.1) is 10.8 Å². The molecule has 1 aliphatic rings. The van der Waals surface area contributed by atoms with Crippen molar-refractivity contribution in [3.05, 3.63) is 48.0 Å². The van der Waals surface area contributed by atoms with Crippen molar-refractivity contribution < 1.29 is 14.6 Å². The lowest BCUT2D eigenvalue weighted by molar-refractivity contribution is -0.149. The summed E-state index contributed by atoms with van der Waals surface area (Å²) in [5, 5.41) is 12.8. The van der Waals surface area contributed by atoms with Crippen LogP contribution >= 0.6 is 11.3 Å². The van der Waals surface area contributed by atoms with Crippen molar-refractivity contribution in [2.24, 2.45) is 10.8 Å². The molecule has 2 heterocycles. The third-order valence-corrected chi connectivity index (χ3v) is 7.29. The molecule has 0 amide bonds. The van der Waals surface area contributed by atoms with E-state index in [1.165, 1.54) is 0 Å². The fourth-order valence-corrected chi connectivity index (χ4v) is 5.65. The molecule has 29 heavy (non-hydrogen) atoms. The Bertz CT molecular complexity index is 1020. The minimum absolute atomic E-state index is 0.351. The second-order valence-corrected chi connectivity index (χ2v) is 10.6. The van der Waals surface area contributed by atoms with E-state index in [4.69, 9.17) is 14.5 Å². The SMILES string of the molecule is COc1cc(C2OCC(C)(C)C2(O)C(C)(C)C)ccc1-c1nc2ccccc2s1. The standard InChI is InChI=1S/C24H29NO3S/c1-22(2,3)24(26)20(28-14-23(24,4)5)15-11-12-16(18(13-15)27-6)21-25-17-9-7-8-10-19(17)29-21/h7-13,20,26H,14H2,1-6H3. The maximum absolute atomic E-state index is 11.8. The van der Waals surface area contributed by atoms with Gasteiger partial charge in [0.1, 0.15) is 22.5 Å². The Morgan fingerprint density at radius 3 is 2.55 bits per heavy atom. The molecule has 1 saturated heterocycles. The lowest BCUT2D eigenvalue weighted by atomic mass is 9.60. The molecule has 2 aromatic carbocycles. The third-order valence-electron chi connectivity index (χ3n) is 6.22. The Hall–Kier alpha value is -1.95. The summed E-state index contributed by atoms with van der Waals surface area (Å²) < 4.78 is 13.1. The van der Waals surface area contributed by atoms with Gasteiger partial charge in [-0.1, -0.05) is 52.8 Å². The van der Waals surface area contributed by atoms with Gasteiger partial charge in [0.2, 0.25) is 0 Å². The normalized spacial score (nSPS) is 24.2. The topological polar surface area (TPSA) is 51.6 Å². The predicted octanol–water partition coefficient (Wildman–Crippen LogP) is 5.85. The second kappa shape index (κ2) is 6.79. The molecule has 1 fully saturated rings. The predicted molar refractivity (Wildman–Crippen MR) is 118 cm³/mol. The van der Waals surface area contributed by atoms with E-state index in [0.29, 0.717) is 6.61 Å². The van der Waals surface area contributed by atoms with Crippen LogP contribution in [0.1, 0.15) is 46.3 Å². The maximum Gasteiger partial charge on any atom is 0.129 e.